The molecule has 8 heteroatoms. The predicted octanol–water partition coefficient (Wildman–Crippen LogP) is 1.30. The minimum absolute atomic E-state index is 0.0339. The second-order valence-electron chi connectivity index (χ2n) is 7.93. The Morgan fingerprint density at radius 3 is 2.26 bits per heavy atom. The molecule has 0 saturated carbocycles. The molecule has 2 amide bonds. The third kappa shape index (κ3) is 5.51. The lowest BCUT2D eigenvalue weighted by Gasteiger charge is -2.34. The number of para-hydroxylation sites is 1. The highest BCUT2D eigenvalue weighted by Crippen LogP contribution is 2.21. The lowest BCUT2D eigenvalue weighted by Crippen LogP contribution is -2.52. The number of hydrogen-bond acceptors (Lipinski definition) is 6. The molecule has 3 rings (SSSR count). The van der Waals surface area contributed by atoms with Crippen molar-refractivity contribution in [2.45, 2.75) is 26.3 Å². The molecule has 0 atom stereocenters. The number of anilines is 1. The van der Waals surface area contributed by atoms with Crippen molar-refractivity contribution in [3.05, 3.63) is 24.3 Å². The lowest BCUT2D eigenvalue weighted by atomic mass is 10.1. The maximum atomic E-state index is 12.3. The van der Waals surface area contributed by atoms with Crippen LogP contribution in [-0.2, 0) is 9.59 Å². The van der Waals surface area contributed by atoms with E-state index < -0.39 is 0 Å². The normalized spacial score (nSPS) is 16.4. The van der Waals surface area contributed by atoms with Crippen LogP contribution in [0.4, 0.5) is 5.82 Å². The quantitative estimate of drug-likeness (QED) is 0.821. The van der Waals surface area contributed by atoms with E-state index in [1.807, 2.05) is 45.0 Å². The van der Waals surface area contributed by atoms with Gasteiger partial charge < -0.3 is 15.2 Å². The van der Waals surface area contributed by atoms with Gasteiger partial charge in [0.05, 0.1) is 18.5 Å². The van der Waals surface area contributed by atoms with E-state index in [0.29, 0.717) is 24.5 Å². The fourth-order valence-electron chi connectivity index (χ4n) is 3.12. The van der Waals surface area contributed by atoms with Crippen LogP contribution in [0.5, 0.6) is 0 Å². The monoisotopic (exact) mass is 373 g/mol. The van der Waals surface area contributed by atoms with Crippen molar-refractivity contribution in [3.8, 4) is 0 Å². The Morgan fingerprint density at radius 2 is 1.63 bits per heavy atom. The molecule has 146 valence electrons. The molecule has 1 aromatic carbocycles. The molecule has 1 aromatic heterocycles. The number of piperazine rings is 1. The average molecular weight is 373 g/mol. The topological polar surface area (TPSA) is 90.7 Å². The van der Waals surface area contributed by atoms with Crippen molar-refractivity contribution >= 4 is 28.6 Å². The van der Waals surface area contributed by atoms with Crippen molar-refractivity contribution in [2.24, 2.45) is 0 Å². The fraction of sp³-hybridized carbons (Fsp3) is 0.526. The number of fused-ring (bicyclic) bond motifs is 1. The highest BCUT2D eigenvalue weighted by molar-refractivity contribution is 5.99. The van der Waals surface area contributed by atoms with E-state index in [-0.39, 0.29) is 17.4 Å². The van der Waals surface area contributed by atoms with Gasteiger partial charge in [-0.05, 0) is 32.9 Å². The van der Waals surface area contributed by atoms with Gasteiger partial charge in [0, 0.05) is 31.7 Å². The number of nitrogens with zero attached hydrogens (tertiary/aromatic N) is 3. The van der Waals surface area contributed by atoms with Crippen LogP contribution in [0.25, 0.3) is 11.0 Å². The van der Waals surface area contributed by atoms with E-state index in [1.54, 1.807) is 0 Å². The summed E-state index contributed by atoms with van der Waals surface area (Å²) in [5.74, 6) is 0.368. The van der Waals surface area contributed by atoms with E-state index >= 15 is 0 Å². The Morgan fingerprint density at radius 1 is 1.04 bits per heavy atom. The van der Waals surface area contributed by atoms with Crippen LogP contribution in [0.3, 0.4) is 0 Å². The summed E-state index contributed by atoms with van der Waals surface area (Å²) in [6, 6.07) is 7.42. The number of carbonyl (C=O) groups excluding carboxylic acids is 2. The molecular weight excluding hydrogens is 346 g/mol. The van der Waals surface area contributed by atoms with Gasteiger partial charge in [0.2, 0.25) is 11.8 Å². The first-order valence-electron chi connectivity index (χ1n) is 9.20. The number of benzene rings is 1. The first-order chi connectivity index (χ1) is 12.8. The van der Waals surface area contributed by atoms with Crippen LogP contribution in [0.2, 0.25) is 0 Å². The molecule has 1 saturated heterocycles. The first-order valence-corrected chi connectivity index (χ1v) is 9.20. The van der Waals surface area contributed by atoms with Crippen LogP contribution in [0, 0.1) is 0 Å². The Hall–Kier alpha value is -2.45. The summed E-state index contributed by atoms with van der Waals surface area (Å²) in [4.78, 5) is 28.5. The molecule has 1 aliphatic rings. The summed E-state index contributed by atoms with van der Waals surface area (Å²) in [6.45, 7) is 9.62. The predicted molar refractivity (Wildman–Crippen MR) is 103 cm³/mol. The molecule has 1 aliphatic heterocycles. The Labute approximate surface area is 158 Å². The molecule has 8 nitrogen and oxygen atoms in total. The SMILES string of the molecule is CC(C)(C)NC(=O)CN1CCN(CC(=O)Nc2noc3ccccc23)CC1. The number of nitrogens with one attached hydrogen (secondary N) is 2. The maximum Gasteiger partial charge on any atom is 0.239 e. The standard InChI is InChI=1S/C19H27N5O3/c1-19(2,3)21-17(26)13-24-10-8-23(9-11-24)12-16(25)20-18-14-6-4-5-7-15(14)27-22-18/h4-7H,8-13H2,1-3H3,(H,21,26)(H,20,22,25). The second kappa shape index (κ2) is 8.06. The molecule has 2 aromatic rings. The minimum Gasteiger partial charge on any atom is -0.354 e. The highest BCUT2D eigenvalue weighted by atomic mass is 16.5. The molecule has 0 unspecified atom stereocenters. The van der Waals surface area contributed by atoms with E-state index in [9.17, 15) is 9.59 Å². The van der Waals surface area contributed by atoms with Gasteiger partial charge in [-0.1, -0.05) is 17.3 Å². The molecule has 27 heavy (non-hydrogen) atoms. The Bertz CT molecular complexity index is 803. The summed E-state index contributed by atoms with van der Waals surface area (Å²) in [5.41, 5.74) is 0.428. The molecule has 2 heterocycles. The largest absolute Gasteiger partial charge is 0.354 e. The van der Waals surface area contributed by atoms with E-state index in [1.165, 1.54) is 0 Å². The van der Waals surface area contributed by atoms with Gasteiger partial charge in [-0.15, -0.1) is 0 Å². The van der Waals surface area contributed by atoms with Crippen LogP contribution in [0.15, 0.2) is 28.8 Å². The number of hydrogen-bond donors (Lipinski definition) is 2. The zero-order valence-corrected chi connectivity index (χ0v) is 16.1. The van der Waals surface area contributed by atoms with Crippen LogP contribution in [-0.4, -0.2) is 71.6 Å². The maximum absolute atomic E-state index is 12.3. The third-order valence-corrected chi connectivity index (χ3v) is 4.35. The minimum atomic E-state index is -0.220. The Balaban J connectivity index is 1.44. The van der Waals surface area contributed by atoms with Gasteiger partial charge in [0.1, 0.15) is 0 Å². The van der Waals surface area contributed by atoms with Crippen LogP contribution in [0.1, 0.15) is 20.8 Å². The van der Waals surface area contributed by atoms with E-state index in [2.05, 4.69) is 25.6 Å². The number of carbonyl (C=O) groups is 2. The fourth-order valence-corrected chi connectivity index (χ4v) is 3.12. The molecule has 0 radical (unpaired) electrons. The van der Waals surface area contributed by atoms with Gasteiger partial charge in [0.15, 0.2) is 11.4 Å². The van der Waals surface area contributed by atoms with Crippen molar-refractivity contribution in [3.63, 3.8) is 0 Å². The van der Waals surface area contributed by atoms with E-state index in [0.717, 1.165) is 31.6 Å². The van der Waals surface area contributed by atoms with Gasteiger partial charge in [-0.25, -0.2) is 0 Å². The van der Waals surface area contributed by atoms with Crippen LogP contribution >= 0.6 is 0 Å². The molecule has 0 aliphatic carbocycles. The summed E-state index contributed by atoms with van der Waals surface area (Å²) < 4.78 is 5.20. The summed E-state index contributed by atoms with van der Waals surface area (Å²) in [5, 5.41) is 10.5. The molecule has 0 bridgehead atoms. The summed E-state index contributed by atoms with van der Waals surface area (Å²) >= 11 is 0. The molecule has 1 fully saturated rings. The zero-order valence-electron chi connectivity index (χ0n) is 16.1. The van der Waals surface area contributed by atoms with Crippen molar-refractivity contribution in [1.82, 2.24) is 20.3 Å². The number of amides is 2. The molecular formula is C19H27N5O3. The van der Waals surface area contributed by atoms with Gasteiger partial charge >= 0.3 is 0 Å². The molecule has 0 spiro atoms. The lowest BCUT2D eigenvalue weighted by molar-refractivity contribution is -0.124. The van der Waals surface area contributed by atoms with Gasteiger partial charge in [-0.3, -0.25) is 19.4 Å². The van der Waals surface area contributed by atoms with Crippen molar-refractivity contribution in [2.75, 3.05) is 44.6 Å². The summed E-state index contributed by atoms with van der Waals surface area (Å²) in [7, 11) is 0. The smallest absolute Gasteiger partial charge is 0.239 e. The van der Waals surface area contributed by atoms with Crippen molar-refractivity contribution < 1.29 is 14.1 Å². The highest BCUT2D eigenvalue weighted by Gasteiger charge is 2.22. The first kappa shape index (κ1) is 19.3. The molecule has 2 N–H and O–H groups in total. The van der Waals surface area contributed by atoms with Gasteiger partial charge in [-0.2, -0.15) is 0 Å². The number of rotatable bonds is 5. The van der Waals surface area contributed by atoms with Gasteiger partial charge in [0.25, 0.3) is 0 Å². The number of aromatic nitrogens is 1. The van der Waals surface area contributed by atoms with Crippen LogP contribution < -0.4 is 10.6 Å². The average Bonchev–Trinajstić information content (AvgIpc) is 2.98. The second-order valence-corrected chi connectivity index (χ2v) is 7.93. The summed E-state index contributed by atoms with van der Waals surface area (Å²) in [6.07, 6.45) is 0. The van der Waals surface area contributed by atoms with Crippen molar-refractivity contribution in [1.29, 1.82) is 0 Å². The zero-order chi connectivity index (χ0) is 19.4. The van der Waals surface area contributed by atoms with E-state index in [4.69, 9.17) is 4.52 Å². The Kier molecular flexibility index (Phi) is 5.76. The third-order valence-electron chi connectivity index (χ3n) is 4.35.